The highest BCUT2D eigenvalue weighted by Crippen LogP contribution is 2.22. The summed E-state index contributed by atoms with van der Waals surface area (Å²) in [6.45, 7) is 0. The van der Waals surface area contributed by atoms with Crippen molar-refractivity contribution in [2.24, 2.45) is 0 Å². The number of fused-ring (bicyclic) bond motifs is 1. The van der Waals surface area contributed by atoms with Crippen LogP contribution in [0.1, 0.15) is 39.3 Å². The number of nitrogens with one attached hydrogen (secondary N) is 2. The van der Waals surface area contributed by atoms with E-state index in [0.29, 0.717) is 34.3 Å². The van der Waals surface area contributed by atoms with Crippen molar-refractivity contribution >= 4 is 33.3 Å². The molecule has 1 aromatic carbocycles. The zero-order valence-electron chi connectivity index (χ0n) is 11.6. The van der Waals surface area contributed by atoms with Gasteiger partial charge in [-0.05, 0) is 47.0 Å². The Bertz CT molecular complexity index is 826. The summed E-state index contributed by atoms with van der Waals surface area (Å²) in [7, 11) is 0. The monoisotopic (exact) mass is 360 g/mol. The molecule has 2 N–H and O–H groups in total. The smallest absolute Gasteiger partial charge is 0.261 e. The summed E-state index contributed by atoms with van der Waals surface area (Å²) < 4.78 is 0.716. The van der Waals surface area contributed by atoms with Crippen molar-refractivity contribution in [3.63, 3.8) is 0 Å². The summed E-state index contributed by atoms with van der Waals surface area (Å²) in [4.78, 5) is 39.0. The summed E-state index contributed by atoms with van der Waals surface area (Å²) in [6.07, 6.45) is 1.83. The maximum Gasteiger partial charge on any atom is 0.261 e. The zero-order chi connectivity index (χ0) is 15.7. The summed E-state index contributed by atoms with van der Waals surface area (Å²) in [5, 5.41) is 2.67. The van der Waals surface area contributed by atoms with Crippen molar-refractivity contribution in [2.75, 3.05) is 5.32 Å². The first kappa shape index (κ1) is 14.7. The van der Waals surface area contributed by atoms with Crippen molar-refractivity contribution in [1.82, 2.24) is 4.98 Å². The third-order valence-corrected chi connectivity index (χ3v) is 4.31. The van der Waals surface area contributed by atoms with Crippen LogP contribution in [-0.4, -0.2) is 16.7 Å². The van der Waals surface area contributed by atoms with Gasteiger partial charge in [-0.1, -0.05) is 12.1 Å². The lowest BCUT2D eigenvalue weighted by Gasteiger charge is -2.15. The van der Waals surface area contributed by atoms with E-state index in [1.165, 1.54) is 6.07 Å². The normalized spacial score (nSPS) is 13.6. The lowest BCUT2D eigenvalue weighted by molar-refractivity contribution is 0.0971. The van der Waals surface area contributed by atoms with Gasteiger partial charge >= 0.3 is 0 Å². The molecule has 22 heavy (non-hydrogen) atoms. The van der Waals surface area contributed by atoms with E-state index < -0.39 is 11.5 Å². The first-order chi connectivity index (χ1) is 10.6. The number of pyridine rings is 1. The van der Waals surface area contributed by atoms with Gasteiger partial charge in [-0.2, -0.15) is 0 Å². The molecule has 1 amide bonds. The van der Waals surface area contributed by atoms with Crippen molar-refractivity contribution < 1.29 is 9.59 Å². The number of benzene rings is 1. The van der Waals surface area contributed by atoms with Crippen molar-refractivity contribution in [3.8, 4) is 0 Å². The van der Waals surface area contributed by atoms with Gasteiger partial charge < -0.3 is 10.3 Å². The maximum absolute atomic E-state index is 12.3. The van der Waals surface area contributed by atoms with E-state index >= 15 is 0 Å². The predicted molar refractivity (Wildman–Crippen MR) is 86.4 cm³/mol. The highest BCUT2D eigenvalue weighted by Gasteiger charge is 2.22. The Kier molecular flexibility index (Phi) is 3.94. The van der Waals surface area contributed by atoms with Gasteiger partial charge in [-0.15, -0.1) is 0 Å². The van der Waals surface area contributed by atoms with E-state index in [0.717, 1.165) is 6.42 Å². The number of carbonyl (C=O) groups is 2. The lowest BCUT2D eigenvalue weighted by atomic mass is 9.93. The summed E-state index contributed by atoms with van der Waals surface area (Å²) in [6, 6.07) is 8.52. The molecule has 0 unspecified atom stereocenters. The van der Waals surface area contributed by atoms with Crippen LogP contribution in [0.3, 0.4) is 0 Å². The second-order valence-electron chi connectivity index (χ2n) is 5.12. The Morgan fingerprint density at radius 1 is 1.18 bits per heavy atom. The van der Waals surface area contributed by atoms with Gasteiger partial charge in [-0.25, -0.2) is 0 Å². The molecule has 1 aliphatic carbocycles. The molecule has 0 radical (unpaired) electrons. The Morgan fingerprint density at radius 3 is 2.73 bits per heavy atom. The Hall–Kier alpha value is -2.21. The number of aromatic nitrogens is 1. The fourth-order valence-corrected chi connectivity index (χ4v) is 2.88. The first-order valence-corrected chi connectivity index (χ1v) is 7.71. The molecule has 0 spiro atoms. The number of ketones is 1. The van der Waals surface area contributed by atoms with Crippen LogP contribution in [0.5, 0.6) is 0 Å². The Morgan fingerprint density at radius 2 is 1.95 bits per heavy atom. The quantitative estimate of drug-likeness (QED) is 0.863. The van der Waals surface area contributed by atoms with Gasteiger partial charge in [0.2, 0.25) is 0 Å². The Balaban J connectivity index is 1.96. The molecule has 0 bridgehead atoms. The van der Waals surface area contributed by atoms with E-state index in [-0.39, 0.29) is 11.3 Å². The molecule has 1 heterocycles. The van der Waals surface area contributed by atoms with Crippen LogP contribution in [0.2, 0.25) is 0 Å². The third kappa shape index (κ3) is 2.74. The van der Waals surface area contributed by atoms with Crippen LogP contribution in [-0.2, 0) is 6.42 Å². The molecule has 0 saturated heterocycles. The average molecular weight is 361 g/mol. The van der Waals surface area contributed by atoms with Crippen LogP contribution in [0.15, 0.2) is 39.6 Å². The van der Waals surface area contributed by atoms with E-state index in [1.54, 1.807) is 18.2 Å². The van der Waals surface area contributed by atoms with Crippen molar-refractivity contribution in [3.05, 3.63) is 62.0 Å². The minimum Gasteiger partial charge on any atom is -0.325 e. The molecule has 0 aliphatic heterocycles. The Labute approximate surface area is 134 Å². The molecule has 6 heteroatoms. The molecule has 1 aliphatic rings. The largest absolute Gasteiger partial charge is 0.325 e. The number of para-hydroxylation sites is 1. The van der Waals surface area contributed by atoms with Crippen LogP contribution >= 0.6 is 15.9 Å². The summed E-state index contributed by atoms with van der Waals surface area (Å²) in [5.74, 6) is -0.568. The molecule has 0 fully saturated rings. The highest BCUT2D eigenvalue weighted by molar-refractivity contribution is 9.10. The fraction of sp³-hybridized carbons (Fsp3) is 0.188. The van der Waals surface area contributed by atoms with Gasteiger partial charge in [0, 0.05) is 22.2 Å². The minimum absolute atomic E-state index is 0.0348. The van der Waals surface area contributed by atoms with E-state index in [1.807, 2.05) is 6.07 Å². The van der Waals surface area contributed by atoms with Gasteiger partial charge in [0.05, 0.1) is 5.69 Å². The number of H-pyrrole nitrogens is 1. The fourth-order valence-electron chi connectivity index (χ4n) is 2.50. The first-order valence-electron chi connectivity index (χ1n) is 6.91. The number of aromatic amines is 1. The van der Waals surface area contributed by atoms with E-state index in [2.05, 4.69) is 26.2 Å². The molecule has 0 atom stereocenters. The number of carbonyl (C=O) groups excluding carboxylic acids is 2. The minimum atomic E-state index is -0.533. The number of halogens is 1. The molecule has 5 nitrogen and oxygen atoms in total. The van der Waals surface area contributed by atoms with Gasteiger partial charge in [0.1, 0.15) is 5.56 Å². The number of amides is 1. The van der Waals surface area contributed by atoms with Crippen LogP contribution in [0, 0.1) is 0 Å². The molecular formula is C16H13BrN2O3. The van der Waals surface area contributed by atoms with E-state index in [4.69, 9.17) is 0 Å². The van der Waals surface area contributed by atoms with Crippen molar-refractivity contribution in [2.45, 2.75) is 19.3 Å². The predicted octanol–water partition coefficient (Wildman–Crippen LogP) is 2.91. The number of hydrogen-bond donors (Lipinski definition) is 2. The average Bonchev–Trinajstić information content (AvgIpc) is 2.49. The molecule has 3 rings (SSSR count). The SMILES string of the molecule is O=C1CCCc2[nH]c(=O)c(C(=O)Nc3ccccc3Br)cc21. The molecular weight excluding hydrogens is 348 g/mol. The van der Waals surface area contributed by atoms with Crippen LogP contribution < -0.4 is 10.9 Å². The molecule has 112 valence electrons. The topological polar surface area (TPSA) is 79.0 Å². The number of hydrogen-bond acceptors (Lipinski definition) is 3. The third-order valence-electron chi connectivity index (χ3n) is 3.62. The summed E-state index contributed by atoms with van der Waals surface area (Å²) >= 11 is 3.33. The molecule has 0 saturated carbocycles. The van der Waals surface area contributed by atoms with Gasteiger partial charge in [0.15, 0.2) is 5.78 Å². The number of anilines is 1. The number of rotatable bonds is 2. The van der Waals surface area contributed by atoms with E-state index in [9.17, 15) is 14.4 Å². The standard InChI is InChI=1S/C16H13BrN2O3/c17-11-4-1-2-5-13(11)19-16(22)10-8-9-12(18-15(10)21)6-3-7-14(9)20/h1-2,4-5,8H,3,6-7H2,(H,18,21)(H,19,22). The van der Waals surface area contributed by atoms with Gasteiger partial charge in [-0.3, -0.25) is 14.4 Å². The second kappa shape index (κ2) is 5.88. The highest BCUT2D eigenvalue weighted by atomic mass is 79.9. The van der Waals surface area contributed by atoms with Gasteiger partial charge in [0.25, 0.3) is 11.5 Å². The molecule has 2 aromatic rings. The molecule has 1 aromatic heterocycles. The summed E-state index contributed by atoms with van der Waals surface area (Å²) in [5.41, 5.74) is 1.11. The number of aryl methyl sites for hydroxylation is 1. The number of Topliss-reactive ketones (excluding diaryl/α,β-unsaturated/α-hetero) is 1. The zero-order valence-corrected chi connectivity index (χ0v) is 13.2. The maximum atomic E-state index is 12.3. The lowest BCUT2D eigenvalue weighted by Crippen LogP contribution is -2.27. The van der Waals surface area contributed by atoms with Crippen LogP contribution in [0.25, 0.3) is 0 Å². The van der Waals surface area contributed by atoms with Crippen molar-refractivity contribution in [1.29, 1.82) is 0 Å². The van der Waals surface area contributed by atoms with Crippen LogP contribution in [0.4, 0.5) is 5.69 Å². The second-order valence-corrected chi connectivity index (χ2v) is 5.97.